The van der Waals surface area contributed by atoms with Crippen molar-refractivity contribution in [3.8, 4) is 0 Å². The van der Waals surface area contributed by atoms with Crippen LogP contribution in [0.2, 0.25) is 13.1 Å². The number of rotatable bonds is 16. The predicted octanol–water partition coefficient (Wildman–Crippen LogP) is 7.67. The molecule has 0 aliphatic rings. The van der Waals surface area contributed by atoms with Gasteiger partial charge >= 0.3 is 8.56 Å². The molecule has 3 aromatic rings. The molecule has 2 amide bonds. The first kappa shape index (κ1) is 38.1. The summed E-state index contributed by atoms with van der Waals surface area (Å²) in [5.41, 5.74) is 1.63. The van der Waals surface area contributed by atoms with Gasteiger partial charge in [0.2, 0.25) is 11.8 Å². The second-order valence-electron chi connectivity index (χ2n) is 14.7. The molecular formula is C39H57N3O4Si. The lowest BCUT2D eigenvalue weighted by Gasteiger charge is -2.35. The highest BCUT2D eigenvalue weighted by atomic mass is 28.4. The van der Waals surface area contributed by atoms with Crippen LogP contribution in [0.25, 0.3) is 10.8 Å². The number of benzene rings is 3. The third-order valence-corrected chi connectivity index (χ3v) is 10.2. The van der Waals surface area contributed by atoms with Gasteiger partial charge in [-0.05, 0) is 102 Å². The van der Waals surface area contributed by atoms with E-state index in [1.165, 1.54) is 5.56 Å². The van der Waals surface area contributed by atoms with Crippen LogP contribution in [0.1, 0.15) is 71.6 Å². The van der Waals surface area contributed by atoms with Gasteiger partial charge < -0.3 is 24.0 Å². The number of carbonyl (C=O) groups is 2. The predicted molar refractivity (Wildman–Crippen MR) is 197 cm³/mol. The van der Waals surface area contributed by atoms with E-state index in [4.69, 9.17) is 8.85 Å². The first-order chi connectivity index (χ1) is 21.9. The van der Waals surface area contributed by atoms with Crippen LogP contribution in [0.4, 0.5) is 0 Å². The number of amides is 2. The minimum atomic E-state index is -2.28. The van der Waals surface area contributed by atoms with Crippen molar-refractivity contribution in [3.05, 3.63) is 96.1 Å². The van der Waals surface area contributed by atoms with Crippen molar-refractivity contribution in [2.45, 2.75) is 97.2 Å². The van der Waals surface area contributed by atoms with Crippen molar-refractivity contribution >= 4 is 31.1 Å². The summed E-state index contributed by atoms with van der Waals surface area (Å²) in [7, 11) is 1.35. The highest BCUT2D eigenvalue weighted by Crippen LogP contribution is 2.28. The average Bonchev–Trinajstić information content (AvgIpc) is 2.99. The molecule has 0 spiro atoms. The van der Waals surface area contributed by atoms with E-state index in [9.17, 15) is 9.59 Å². The number of hydrogen-bond donors (Lipinski definition) is 1. The highest BCUT2D eigenvalue weighted by molar-refractivity contribution is 6.64. The number of hydrogen-bond acceptors (Lipinski definition) is 5. The Morgan fingerprint density at radius 3 is 2.21 bits per heavy atom. The van der Waals surface area contributed by atoms with E-state index in [0.717, 1.165) is 22.8 Å². The summed E-state index contributed by atoms with van der Waals surface area (Å²) < 4.78 is 12.5. The van der Waals surface area contributed by atoms with Crippen LogP contribution in [-0.2, 0) is 24.9 Å². The number of likely N-dealkylation sites (N-methyl/N-ethyl adjacent to an activating group) is 2. The van der Waals surface area contributed by atoms with Crippen LogP contribution in [0.3, 0.4) is 0 Å². The number of carbonyl (C=O) groups excluding carboxylic acids is 2. The van der Waals surface area contributed by atoms with Crippen molar-refractivity contribution in [2.24, 2.45) is 0 Å². The Bertz CT molecular complexity index is 1480. The molecule has 0 bridgehead atoms. The minimum absolute atomic E-state index is 0.00327. The molecule has 7 nitrogen and oxygen atoms in total. The van der Waals surface area contributed by atoms with Gasteiger partial charge in [0.1, 0.15) is 0 Å². The van der Waals surface area contributed by atoms with Gasteiger partial charge in [-0.15, -0.1) is 0 Å². The lowest BCUT2D eigenvalue weighted by Crippen LogP contribution is -2.48. The summed E-state index contributed by atoms with van der Waals surface area (Å²) in [6, 6.07) is 24.1. The molecule has 1 N–H and O–H groups in total. The summed E-state index contributed by atoms with van der Waals surface area (Å²) in [5.74, 6) is -0.133. The summed E-state index contributed by atoms with van der Waals surface area (Å²) in [4.78, 5) is 30.5. The molecule has 0 fully saturated rings. The molecule has 2 atom stereocenters. The smallest absolute Gasteiger partial charge is 0.332 e. The molecule has 256 valence electrons. The third kappa shape index (κ3) is 13.0. The monoisotopic (exact) mass is 659 g/mol. The molecule has 0 saturated carbocycles. The molecule has 47 heavy (non-hydrogen) atoms. The molecule has 0 saturated heterocycles. The minimum Gasteiger partial charge on any atom is -0.390 e. The zero-order chi connectivity index (χ0) is 34.8. The number of fused-ring (bicyclic) bond motifs is 1. The van der Waals surface area contributed by atoms with Crippen LogP contribution in [0.15, 0.2) is 84.9 Å². The molecule has 1 unspecified atom stereocenters. The average molecular weight is 660 g/mol. The van der Waals surface area contributed by atoms with Crippen molar-refractivity contribution in [1.82, 2.24) is 15.1 Å². The van der Waals surface area contributed by atoms with Crippen LogP contribution in [0.5, 0.6) is 0 Å². The maximum atomic E-state index is 13.6. The fraction of sp³-hybridized carbons (Fsp3) is 0.487. The largest absolute Gasteiger partial charge is 0.390 e. The summed E-state index contributed by atoms with van der Waals surface area (Å²) in [6.07, 6.45) is 5.17. The Labute approximate surface area is 284 Å². The van der Waals surface area contributed by atoms with E-state index >= 15 is 0 Å². The maximum absolute atomic E-state index is 13.6. The van der Waals surface area contributed by atoms with Gasteiger partial charge in [-0.2, -0.15) is 0 Å². The van der Waals surface area contributed by atoms with Gasteiger partial charge in [-0.25, -0.2) is 0 Å². The molecule has 0 aromatic heterocycles. The molecule has 0 heterocycles. The quantitative estimate of drug-likeness (QED) is 0.126. The number of nitrogens with zero attached hydrogens (tertiary/aromatic N) is 2. The summed E-state index contributed by atoms with van der Waals surface area (Å²) in [6.45, 7) is 17.9. The van der Waals surface area contributed by atoms with Gasteiger partial charge in [0.05, 0.1) is 24.2 Å². The van der Waals surface area contributed by atoms with Crippen molar-refractivity contribution in [2.75, 3.05) is 27.2 Å². The van der Waals surface area contributed by atoms with E-state index in [1.54, 1.807) is 22.9 Å². The Morgan fingerprint density at radius 2 is 1.55 bits per heavy atom. The maximum Gasteiger partial charge on any atom is 0.332 e. The molecular weight excluding hydrogens is 603 g/mol. The Kier molecular flexibility index (Phi) is 13.5. The Morgan fingerprint density at radius 1 is 0.915 bits per heavy atom. The molecule has 3 aromatic carbocycles. The van der Waals surface area contributed by atoms with Gasteiger partial charge in [0.25, 0.3) is 0 Å². The molecule has 0 aliphatic carbocycles. The fourth-order valence-corrected chi connectivity index (χ4v) is 8.36. The first-order valence-corrected chi connectivity index (χ1v) is 19.6. The highest BCUT2D eigenvalue weighted by Gasteiger charge is 2.33. The second-order valence-corrected chi connectivity index (χ2v) is 18.0. The molecule has 0 radical (unpaired) electrons. The molecule has 8 heteroatoms. The summed E-state index contributed by atoms with van der Waals surface area (Å²) >= 11 is 0. The molecule has 0 aliphatic heterocycles. The lowest BCUT2D eigenvalue weighted by molar-refractivity contribution is -0.133. The van der Waals surface area contributed by atoms with Crippen LogP contribution < -0.4 is 5.32 Å². The van der Waals surface area contributed by atoms with Gasteiger partial charge in [-0.3, -0.25) is 9.59 Å². The van der Waals surface area contributed by atoms with E-state index in [-0.39, 0.29) is 35.5 Å². The SMILES string of the molecule is C[C@H](CNC(C)(C)C/C=C/C(=O)N(C)C(CC(=O)N(C)CCc1ccccc1)c1ccc2ccccc2c1)O[Si](C)(C)OC(C)(C)C. The van der Waals surface area contributed by atoms with Crippen LogP contribution in [0, 0.1) is 0 Å². The van der Waals surface area contributed by atoms with E-state index in [1.807, 2.05) is 49.5 Å². The first-order valence-electron chi connectivity index (χ1n) is 16.8. The van der Waals surface area contributed by atoms with Gasteiger partial charge in [-0.1, -0.05) is 72.8 Å². The number of nitrogens with one attached hydrogen (secondary N) is 1. The fourth-order valence-electron chi connectivity index (χ4n) is 5.79. The van der Waals surface area contributed by atoms with E-state index in [0.29, 0.717) is 19.5 Å². The van der Waals surface area contributed by atoms with E-state index < -0.39 is 14.6 Å². The summed E-state index contributed by atoms with van der Waals surface area (Å²) in [5, 5.41) is 5.79. The van der Waals surface area contributed by atoms with E-state index in [2.05, 4.69) is 96.4 Å². The lowest BCUT2D eigenvalue weighted by atomic mass is 9.97. The molecule has 3 rings (SSSR count). The van der Waals surface area contributed by atoms with Crippen LogP contribution in [-0.4, -0.2) is 74.6 Å². The Balaban J connectivity index is 1.66. The second kappa shape index (κ2) is 16.7. The standard InChI is InChI=1S/C39H57N3O4Si/c1-30(45-47(9,10)46-38(2,3)4)29-40-39(5,6)25-16-21-36(43)42(8)35(34-23-22-32-19-14-15-20-33(32)27-34)28-37(44)41(7)26-24-31-17-12-11-13-18-31/h11-23,27,30,35,40H,24-26,28-29H2,1-10H3/b21-16+/t30-,35?/m1/s1. The van der Waals surface area contributed by atoms with Crippen molar-refractivity contribution in [1.29, 1.82) is 0 Å². The zero-order valence-electron chi connectivity index (χ0n) is 30.3. The Hall–Kier alpha value is -3.30. The van der Waals surface area contributed by atoms with Crippen molar-refractivity contribution in [3.63, 3.8) is 0 Å². The topological polar surface area (TPSA) is 71.1 Å². The van der Waals surface area contributed by atoms with Gasteiger partial charge in [0.15, 0.2) is 0 Å². The van der Waals surface area contributed by atoms with Gasteiger partial charge in [0, 0.05) is 32.7 Å². The van der Waals surface area contributed by atoms with Crippen molar-refractivity contribution < 1.29 is 18.4 Å². The van der Waals surface area contributed by atoms with Crippen LogP contribution >= 0.6 is 0 Å². The zero-order valence-corrected chi connectivity index (χ0v) is 31.3. The normalized spacial score (nSPS) is 13.9. The third-order valence-electron chi connectivity index (χ3n) is 8.14.